The van der Waals surface area contributed by atoms with E-state index in [9.17, 15) is 5.11 Å². The van der Waals surface area contributed by atoms with Crippen molar-refractivity contribution >= 4 is 0 Å². The predicted octanol–water partition coefficient (Wildman–Crippen LogP) is 0.731. The van der Waals surface area contributed by atoms with E-state index < -0.39 is 6.10 Å². The number of aliphatic hydroxyl groups excluding tert-OH is 1. The summed E-state index contributed by atoms with van der Waals surface area (Å²) in [5, 5.41) is 13.2. The van der Waals surface area contributed by atoms with Gasteiger partial charge in [-0.1, -0.05) is 12.2 Å². The first-order valence-electron chi connectivity index (χ1n) is 5.07. The van der Waals surface area contributed by atoms with E-state index in [-0.39, 0.29) is 5.66 Å². The van der Waals surface area contributed by atoms with Crippen LogP contribution in [0.1, 0.15) is 13.3 Å². The zero-order chi connectivity index (χ0) is 10.6. The molecule has 0 spiro atoms. The highest BCUT2D eigenvalue weighted by atomic mass is 16.3. The Bertz CT molecular complexity index is 215. The second kappa shape index (κ2) is 4.73. The molecule has 0 amide bonds. The molecule has 2 unspecified atom stereocenters. The topological polar surface area (TPSA) is 35.5 Å². The summed E-state index contributed by atoms with van der Waals surface area (Å²) in [6.07, 6.45) is 4.05. The fourth-order valence-corrected chi connectivity index (χ4v) is 2.13. The highest BCUT2D eigenvalue weighted by Crippen LogP contribution is 2.25. The minimum Gasteiger partial charge on any atom is -0.390 e. The summed E-state index contributed by atoms with van der Waals surface area (Å²) in [6, 6.07) is 0. The Balaban J connectivity index is 2.82. The Kier molecular flexibility index (Phi) is 3.86. The standard InChI is InChI=1S/C11H20N2O/c1-4-6-11(10(3)14)12-7-9-13(11)8-5-2/h4-5,10,12,14H,1-2,6-9H2,3H3. The lowest BCUT2D eigenvalue weighted by molar-refractivity contribution is -0.00344. The van der Waals surface area contributed by atoms with Crippen LogP contribution in [0.3, 0.4) is 0 Å². The van der Waals surface area contributed by atoms with Gasteiger partial charge in [0, 0.05) is 19.6 Å². The van der Waals surface area contributed by atoms with Gasteiger partial charge in [-0.15, -0.1) is 13.2 Å². The smallest absolute Gasteiger partial charge is 0.101 e. The summed E-state index contributed by atoms with van der Waals surface area (Å²) >= 11 is 0. The molecule has 3 nitrogen and oxygen atoms in total. The van der Waals surface area contributed by atoms with Crippen LogP contribution >= 0.6 is 0 Å². The lowest BCUT2D eigenvalue weighted by Gasteiger charge is -2.39. The molecule has 0 aromatic heterocycles. The third kappa shape index (κ3) is 1.90. The van der Waals surface area contributed by atoms with Gasteiger partial charge in [0.15, 0.2) is 0 Å². The van der Waals surface area contributed by atoms with Crippen molar-refractivity contribution in [1.82, 2.24) is 10.2 Å². The summed E-state index contributed by atoms with van der Waals surface area (Å²) in [5.41, 5.74) is -0.337. The summed E-state index contributed by atoms with van der Waals surface area (Å²) in [7, 11) is 0. The van der Waals surface area contributed by atoms with Crippen molar-refractivity contribution < 1.29 is 5.11 Å². The maximum atomic E-state index is 9.84. The van der Waals surface area contributed by atoms with E-state index in [1.54, 1.807) is 0 Å². The van der Waals surface area contributed by atoms with Crippen molar-refractivity contribution in [3.05, 3.63) is 25.3 Å². The van der Waals surface area contributed by atoms with Gasteiger partial charge in [-0.2, -0.15) is 0 Å². The number of nitrogens with zero attached hydrogens (tertiary/aromatic N) is 1. The fraction of sp³-hybridized carbons (Fsp3) is 0.636. The molecule has 1 fully saturated rings. The molecule has 0 aromatic carbocycles. The van der Waals surface area contributed by atoms with E-state index in [1.165, 1.54) is 0 Å². The third-order valence-electron chi connectivity index (χ3n) is 2.87. The zero-order valence-corrected chi connectivity index (χ0v) is 8.87. The number of nitrogens with one attached hydrogen (secondary N) is 1. The van der Waals surface area contributed by atoms with Crippen molar-refractivity contribution in [2.45, 2.75) is 25.1 Å². The molecule has 0 radical (unpaired) electrons. The first kappa shape index (κ1) is 11.4. The number of hydrogen-bond donors (Lipinski definition) is 2. The van der Waals surface area contributed by atoms with Gasteiger partial charge in [0.1, 0.15) is 5.66 Å². The maximum absolute atomic E-state index is 9.84. The van der Waals surface area contributed by atoms with Crippen LogP contribution in [-0.4, -0.2) is 41.4 Å². The predicted molar refractivity (Wildman–Crippen MR) is 59.0 cm³/mol. The maximum Gasteiger partial charge on any atom is 0.101 e. The fourth-order valence-electron chi connectivity index (χ4n) is 2.13. The lowest BCUT2D eigenvalue weighted by Crippen LogP contribution is -2.58. The van der Waals surface area contributed by atoms with Gasteiger partial charge in [-0.05, 0) is 13.3 Å². The average molecular weight is 196 g/mol. The van der Waals surface area contributed by atoms with E-state index in [1.807, 2.05) is 19.1 Å². The van der Waals surface area contributed by atoms with E-state index in [0.29, 0.717) is 0 Å². The third-order valence-corrected chi connectivity index (χ3v) is 2.87. The monoisotopic (exact) mass is 196 g/mol. The number of rotatable bonds is 5. The minimum absolute atomic E-state index is 0.337. The molecule has 1 saturated heterocycles. The first-order chi connectivity index (χ1) is 6.67. The minimum atomic E-state index is -0.414. The highest BCUT2D eigenvalue weighted by Gasteiger charge is 2.42. The Morgan fingerprint density at radius 3 is 2.79 bits per heavy atom. The lowest BCUT2D eigenvalue weighted by atomic mass is 9.99. The van der Waals surface area contributed by atoms with Crippen LogP contribution in [0, 0.1) is 0 Å². The van der Waals surface area contributed by atoms with Gasteiger partial charge in [0.05, 0.1) is 6.10 Å². The van der Waals surface area contributed by atoms with Crippen LogP contribution in [0.4, 0.5) is 0 Å². The molecule has 2 atom stereocenters. The highest BCUT2D eigenvalue weighted by molar-refractivity contribution is 5.03. The molecule has 0 saturated carbocycles. The largest absolute Gasteiger partial charge is 0.390 e. The van der Waals surface area contributed by atoms with E-state index in [4.69, 9.17) is 0 Å². The Morgan fingerprint density at radius 1 is 1.57 bits per heavy atom. The van der Waals surface area contributed by atoms with Crippen molar-refractivity contribution in [1.29, 1.82) is 0 Å². The van der Waals surface area contributed by atoms with Crippen LogP contribution in [0.25, 0.3) is 0 Å². The summed E-state index contributed by atoms with van der Waals surface area (Å²) < 4.78 is 0. The summed E-state index contributed by atoms with van der Waals surface area (Å²) in [5.74, 6) is 0. The quantitative estimate of drug-likeness (QED) is 0.636. The Labute approximate surface area is 86.1 Å². The van der Waals surface area contributed by atoms with E-state index in [2.05, 4.69) is 23.4 Å². The molecule has 1 aliphatic heterocycles. The van der Waals surface area contributed by atoms with Crippen LogP contribution < -0.4 is 5.32 Å². The molecule has 1 rings (SSSR count). The van der Waals surface area contributed by atoms with Crippen molar-refractivity contribution in [3.8, 4) is 0 Å². The van der Waals surface area contributed by atoms with Crippen LogP contribution in [0.15, 0.2) is 25.3 Å². The molecule has 0 bridgehead atoms. The Morgan fingerprint density at radius 2 is 2.29 bits per heavy atom. The number of aliphatic hydroxyl groups is 1. The zero-order valence-electron chi connectivity index (χ0n) is 8.87. The van der Waals surface area contributed by atoms with E-state index in [0.717, 1.165) is 26.1 Å². The van der Waals surface area contributed by atoms with Gasteiger partial charge in [-0.25, -0.2) is 0 Å². The molecule has 14 heavy (non-hydrogen) atoms. The SMILES string of the molecule is C=CCN1CCNC1(CC=C)C(C)O. The molecule has 1 aliphatic rings. The normalized spacial score (nSPS) is 30.1. The van der Waals surface area contributed by atoms with Crippen LogP contribution in [0.5, 0.6) is 0 Å². The van der Waals surface area contributed by atoms with Gasteiger partial charge in [0.25, 0.3) is 0 Å². The molecule has 0 aromatic rings. The van der Waals surface area contributed by atoms with Gasteiger partial charge in [0.2, 0.25) is 0 Å². The Hall–Kier alpha value is -0.640. The summed E-state index contributed by atoms with van der Waals surface area (Å²) in [4.78, 5) is 2.21. The van der Waals surface area contributed by atoms with Gasteiger partial charge in [-0.3, -0.25) is 10.2 Å². The average Bonchev–Trinajstić information content (AvgIpc) is 2.51. The molecular weight excluding hydrogens is 176 g/mol. The van der Waals surface area contributed by atoms with Crippen molar-refractivity contribution in [2.24, 2.45) is 0 Å². The first-order valence-corrected chi connectivity index (χ1v) is 5.07. The van der Waals surface area contributed by atoms with E-state index >= 15 is 0 Å². The van der Waals surface area contributed by atoms with Gasteiger partial charge >= 0.3 is 0 Å². The van der Waals surface area contributed by atoms with Crippen molar-refractivity contribution in [2.75, 3.05) is 19.6 Å². The number of hydrogen-bond acceptors (Lipinski definition) is 3. The van der Waals surface area contributed by atoms with Crippen molar-refractivity contribution in [3.63, 3.8) is 0 Å². The molecule has 0 aliphatic carbocycles. The molecule has 3 heteroatoms. The molecular formula is C11H20N2O. The molecule has 1 heterocycles. The summed E-state index contributed by atoms with van der Waals surface area (Å²) in [6.45, 7) is 11.9. The second-order valence-electron chi connectivity index (χ2n) is 3.75. The van der Waals surface area contributed by atoms with Crippen LogP contribution in [0.2, 0.25) is 0 Å². The van der Waals surface area contributed by atoms with Gasteiger partial charge < -0.3 is 5.11 Å². The molecule has 80 valence electrons. The second-order valence-corrected chi connectivity index (χ2v) is 3.75. The molecule has 2 N–H and O–H groups in total. The van der Waals surface area contributed by atoms with Crippen LogP contribution in [-0.2, 0) is 0 Å².